The highest BCUT2D eigenvalue weighted by Crippen LogP contribution is 2.25. The predicted molar refractivity (Wildman–Crippen MR) is 59.5 cm³/mol. The van der Waals surface area contributed by atoms with Gasteiger partial charge in [0.25, 0.3) is 0 Å². The number of nitrogens with one attached hydrogen (secondary N) is 1. The predicted octanol–water partition coefficient (Wildman–Crippen LogP) is 3.03. The van der Waals surface area contributed by atoms with Gasteiger partial charge in [-0.25, -0.2) is 9.18 Å². The third-order valence-corrected chi connectivity index (χ3v) is 2.33. The topological polar surface area (TPSA) is 62.1 Å². The Morgan fingerprint density at radius 3 is 2.94 bits per heavy atom. The lowest BCUT2D eigenvalue weighted by atomic mass is 10.2. The molecular formula is C10H8BrFN2O2. The van der Waals surface area contributed by atoms with E-state index in [4.69, 9.17) is 5.26 Å². The summed E-state index contributed by atoms with van der Waals surface area (Å²) in [6, 6.07) is 4.50. The summed E-state index contributed by atoms with van der Waals surface area (Å²) in [6.07, 6.45) is -0.722. The molecule has 0 bridgehead atoms. The number of carbonyl (C=O) groups excluding carboxylic acids is 1. The summed E-state index contributed by atoms with van der Waals surface area (Å²) in [4.78, 5) is 11.1. The van der Waals surface area contributed by atoms with Crippen molar-refractivity contribution in [3.8, 4) is 6.07 Å². The van der Waals surface area contributed by atoms with E-state index >= 15 is 0 Å². The van der Waals surface area contributed by atoms with Crippen LogP contribution in [-0.4, -0.2) is 12.7 Å². The third kappa shape index (κ3) is 2.70. The first-order chi connectivity index (χ1) is 7.60. The highest BCUT2D eigenvalue weighted by molar-refractivity contribution is 9.10. The quantitative estimate of drug-likeness (QED) is 0.909. The lowest BCUT2D eigenvalue weighted by Gasteiger charge is -2.07. The Morgan fingerprint density at radius 1 is 1.69 bits per heavy atom. The zero-order valence-electron chi connectivity index (χ0n) is 8.38. The molecule has 16 heavy (non-hydrogen) atoms. The van der Waals surface area contributed by atoms with Crippen LogP contribution < -0.4 is 5.32 Å². The molecule has 1 amide bonds. The largest absolute Gasteiger partial charge is 0.450 e. The van der Waals surface area contributed by atoms with E-state index in [2.05, 4.69) is 26.0 Å². The summed E-state index contributed by atoms with van der Waals surface area (Å²) in [5.74, 6) is -0.711. The van der Waals surface area contributed by atoms with Gasteiger partial charge in [0, 0.05) is 0 Å². The summed E-state index contributed by atoms with van der Waals surface area (Å²) >= 11 is 2.95. The molecule has 4 nitrogen and oxygen atoms in total. The van der Waals surface area contributed by atoms with Crippen molar-refractivity contribution in [2.24, 2.45) is 0 Å². The summed E-state index contributed by atoms with van der Waals surface area (Å²) < 4.78 is 18.2. The molecule has 84 valence electrons. The normalized spacial score (nSPS) is 9.38. The van der Waals surface area contributed by atoms with Crippen molar-refractivity contribution < 1.29 is 13.9 Å². The smallest absolute Gasteiger partial charge is 0.411 e. The fourth-order valence-corrected chi connectivity index (χ4v) is 1.37. The van der Waals surface area contributed by atoms with Gasteiger partial charge in [-0.3, -0.25) is 5.32 Å². The van der Waals surface area contributed by atoms with Crippen LogP contribution in [0.5, 0.6) is 0 Å². The van der Waals surface area contributed by atoms with Crippen LogP contribution in [0.3, 0.4) is 0 Å². The minimum atomic E-state index is -0.722. The second-order valence-electron chi connectivity index (χ2n) is 2.74. The summed E-state index contributed by atoms with van der Waals surface area (Å²) in [7, 11) is 0. The van der Waals surface area contributed by atoms with Gasteiger partial charge in [-0.15, -0.1) is 0 Å². The molecule has 0 aliphatic carbocycles. The van der Waals surface area contributed by atoms with E-state index in [0.29, 0.717) is 0 Å². The highest BCUT2D eigenvalue weighted by atomic mass is 79.9. The number of halogens is 2. The molecular weight excluding hydrogens is 279 g/mol. The van der Waals surface area contributed by atoms with Crippen LogP contribution in [0.2, 0.25) is 0 Å². The zero-order valence-corrected chi connectivity index (χ0v) is 9.97. The lowest BCUT2D eigenvalue weighted by molar-refractivity contribution is 0.168. The number of hydrogen-bond donors (Lipinski definition) is 1. The molecule has 0 fully saturated rings. The van der Waals surface area contributed by atoms with E-state index in [1.165, 1.54) is 12.1 Å². The van der Waals surface area contributed by atoms with Crippen LogP contribution in [0.25, 0.3) is 0 Å². The van der Waals surface area contributed by atoms with Gasteiger partial charge in [-0.05, 0) is 35.0 Å². The molecule has 1 aromatic carbocycles. The number of ether oxygens (including phenoxy) is 1. The molecule has 6 heteroatoms. The maximum absolute atomic E-state index is 13.4. The first-order valence-electron chi connectivity index (χ1n) is 4.42. The Kier molecular flexibility index (Phi) is 4.26. The van der Waals surface area contributed by atoms with Crippen molar-refractivity contribution in [2.75, 3.05) is 11.9 Å². The van der Waals surface area contributed by atoms with E-state index in [0.717, 1.165) is 0 Å². The minimum Gasteiger partial charge on any atom is -0.450 e. The third-order valence-electron chi connectivity index (χ3n) is 1.72. The SMILES string of the molecule is CCOC(=O)Nc1ccc(Br)c(F)c1C#N. The van der Waals surface area contributed by atoms with Gasteiger partial charge in [0.2, 0.25) is 0 Å². The van der Waals surface area contributed by atoms with Gasteiger partial charge in [-0.1, -0.05) is 0 Å². The number of anilines is 1. The van der Waals surface area contributed by atoms with Crippen LogP contribution in [0.4, 0.5) is 14.9 Å². The summed E-state index contributed by atoms with van der Waals surface area (Å²) in [5.41, 5.74) is -0.149. The minimum absolute atomic E-state index is 0.0849. The van der Waals surface area contributed by atoms with Crippen LogP contribution in [0.15, 0.2) is 16.6 Å². The number of nitrogens with zero attached hydrogens (tertiary/aromatic N) is 1. The molecule has 0 aliphatic heterocycles. The molecule has 0 aromatic heterocycles. The van der Waals surface area contributed by atoms with E-state index in [1.54, 1.807) is 13.0 Å². The van der Waals surface area contributed by atoms with Gasteiger partial charge in [0.1, 0.15) is 11.6 Å². The van der Waals surface area contributed by atoms with Gasteiger partial charge >= 0.3 is 6.09 Å². The van der Waals surface area contributed by atoms with E-state index in [-0.39, 0.29) is 22.3 Å². The Bertz CT molecular complexity index is 457. The molecule has 0 aliphatic rings. The van der Waals surface area contributed by atoms with Crippen molar-refractivity contribution in [1.82, 2.24) is 0 Å². The number of rotatable bonds is 2. The van der Waals surface area contributed by atoms with Gasteiger partial charge in [-0.2, -0.15) is 5.26 Å². The molecule has 1 rings (SSSR count). The lowest BCUT2D eigenvalue weighted by Crippen LogP contribution is -2.14. The first kappa shape index (κ1) is 12.5. The van der Waals surface area contributed by atoms with E-state index in [1.807, 2.05) is 0 Å². The number of nitriles is 1. The Balaban J connectivity index is 3.02. The maximum Gasteiger partial charge on any atom is 0.411 e. The summed E-state index contributed by atoms with van der Waals surface area (Å²) in [6.45, 7) is 1.85. The molecule has 1 aromatic rings. The molecule has 0 spiro atoms. The average molecular weight is 287 g/mol. The second-order valence-corrected chi connectivity index (χ2v) is 3.60. The Labute approximate surface area is 100 Å². The molecule has 0 unspecified atom stereocenters. The van der Waals surface area contributed by atoms with Gasteiger partial charge in [0.15, 0.2) is 5.82 Å². The molecule has 0 radical (unpaired) electrons. The zero-order chi connectivity index (χ0) is 12.1. The first-order valence-corrected chi connectivity index (χ1v) is 5.21. The van der Waals surface area contributed by atoms with Gasteiger partial charge in [0.05, 0.1) is 16.8 Å². The van der Waals surface area contributed by atoms with Crippen LogP contribution in [-0.2, 0) is 4.74 Å². The van der Waals surface area contributed by atoms with Crippen molar-refractivity contribution in [1.29, 1.82) is 5.26 Å². The molecule has 0 saturated carbocycles. The number of hydrogen-bond acceptors (Lipinski definition) is 3. The molecule has 1 N–H and O–H groups in total. The van der Waals surface area contributed by atoms with Crippen LogP contribution >= 0.6 is 15.9 Å². The number of benzene rings is 1. The molecule has 0 saturated heterocycles. The molecule has 0 heterocycles. The van der Waals surface area contributed by atoms with E-state index in [9.17, 15) is 9.18 Å². The van der Waals surface area contributed by atoms with Crippen molar-refractivity contribution >= 4 is 27.7 Å². The monoisotopic (exact) mass is 286 g/mol. The Morgan fingerprint density at radius 2 is 2.38 bits per heavy atom. The van der Waals surface area contributed by atoms with E-state index < -0.39 is 11.9 Å². The van der Waals surface area contributed by atoms with Crippen molar-refractivity contribution in [3.63, 3.8) is 0 Å². The molecule has 0 atom stereocenters. The maximum atomic E-state index is 13.4. The second kappa shape index (κ2) is 5.47. The Hall–Kier alpha value is -1.61. The fourth-order valence-electron chi connectivity index (χ4n) is 1.04. The average Bonchev–Trinajstić information content (AvgIpc) is 2.24. The van der Waals surface area contributed by atoms with Crippen LogP contribution in [0.1, 0.15) is 12.5 Å². The number of amides is 1. The summed E-state index contributed by atoms with van der Waals surface area (Å²) in [5, 5.41) is 11.0. The van der Waals surface area contributed by atoms with Crippen molar-refractivity contribution in [2.45, 2.75) is 6.92 Å². The fraction of sp³-hybridized carbons (Fsp3) is 0.200. The standard InChI is InChI=1S/C10H8BrFN2O2/c1-2-16-10(15)14-8-4-3-7(11)9(12)6(8)5-13/h3-4H,2H2,1H3,(H,14,15). The van der Waals surface area contributed by atoms with Crippen LogP contribution in [0, 0.1) is 17.1 Å². The number of carbonyl (C=O) groups is 1. The van der Waals surface area contributed by atoms with Crippen molar-refractivity contribution in [3.05, 3.63) is 28.0 Å². The highest BCUT2D eigenvalue weighted by Gasteiger charge is 2.13. The van der Waals surface area contributed by atoms with Gasteiger partial charge < -0.3 is 4.74 Å².